The number of benzene rings is 2. The minimum atomic E-state index is -0.571. The van der Waals surface area contributed by atoms with Crippen LogP contribution >= 0.6 is 11.6 Å². The predicted molar refractivity (Wildman–Crippen MR) is 127 cm³/mol. The van der Waals surface area contributed by atoms with Gasteiger partial charge in [0.2, 0.25) is 5.91 Å². The van der Waals surface area contributed by atoms with Gasteiger partial charge in [-0.05, 0) is 50.5 Å². The second-order valence-corrected chi connectivity index (χ2v) is 9.30. The Hall–Kier alpha value is -3.06. The van der Waals surface area contributed by atoms with E-state index in [-0.39, 0.29) is 36.7 Å². The van der Waals surface area contributed by atoms with Crippen molar-refractivity contribution in [2.24, 2.45) is 0 Å². The number of carbonyl (C=O) groups is 3. The lowest BCUT2D eigenvalue weighted by Gasteiger charge is -2.22. The van der Waals surface area contributed by atoms with E-state index in [1.54, 1.807) is 32.3 Å². The molecule has 1 heterocycles. The molecule has 7 nitrogen and oxygen atoms in total. The zero-order valence-electron chi connectivity index (χ0n) is 19.7. The fourth-order valence-corrected chi connectivity index (χ4v) is 3.28. The number of rotatable bonds is 4. The average molecular weight is 475 g/mol. The van der Waals surface area contributed by atoms with Crippen LogP contribution in [0.2, 0.25) is 5.02 Å². The number of amides is 3. The number of hydrogen-bond donors (Lipinski definition) is 0. The highest BCUT2D eigenvalue weighted by Crippen LogP contribution is 2.20. The third-order valence-corrected chi connectivity index (χ3v) is 4.78. The molecule has 2 aromatic carbocycles. The molecule has 1 fully saturated rings. The number of ether oxygens (including phenoxy) is 2. The number of cyclic esters (lactones) is 1. The first kappa shape index (κ1) is 26.2. The van der Waals surface area contributed by atoms with Gasteiger partial charge >= 0.3 is 12.2 Å². The summed E-state index contributed by atoms with van der Waals surface area (Å²) < 4.78 is 10.1. The summed E-state index contributed by atoms with van der Waals surface area (Å²) >= 11 is 5.94. The molecule has 0 N–H and O–H groups in total. The molecule has 178 valence electrons. The predicted octanol–water partition coefficient (Wildman–Crippen LogP) is 4.96. The smallest absolute Gasteiger partial charge is 0.416 e. The molecule has 0 bridgehead atoms. The van der Waals surface area contributed by atoms with E-state index in [0.29, 0.717) is 11.4 Å². The molecule has 0 radical (unpaired) electrons. The molecular weight excluding hydrogens is 444 g/mol. The normalized spacial score (nSPS) is 15.3. The first-order chi connectivity index (χ1) is 15.5. The van der Waals surface area contributed by atoms with Gasteiger partial charge in [-0.3, -0.25) is 4.79 Å². The molecule has 8 heteroatoms. The van der Waals surface area contributed by atoms with E-state index in [9.17, 15) is 14.4 Å². The van der Waals surface area contributed by atoms with Crippen LogP contribution in [0.25, 0.3) is 0 Å². The van der Waals surface area contributed by atoms with Crippen LogP contribution in [0.1, 0.15) is 31.9 Å². The lowest BCUT2D eigenvalue weighted by molar-refractivity contribution is -0.128. The molecule has 33 heavy (non-hydrogen) atoms. The maximum Gasteiger partial charge on any atom is 0.416 e. The molecule has 0 saturated carbocycles. The number of nitrogens with zero attached hydrogens (tertiary/aromatic N) is 2. The van der Waals surface area contributed by atoms with Gasteiger partial charge < -0.3 is 14.4 Å². The van der Waals surface area contributed by atoms with Gasteiger partial charge in [0.1, 0.15) is 12.2 Å². The van der Waals surface area contributed by atoms with Crippen molar-refractivity contribution in [2.75, 3.05) is 20.7 Å². The highest BCUT2D eigenvalue weighted by Gasteiger charge is 2.37. The second kappa shape index (κ2) is 11.7. The summed E-state index contributed by atoms with van der Waals surface area (Å²) in [5, 5.41) is 0.570. The number of imide groups is 1. The highest BCUT2D eigenvalue weighted by atomic mass is 35.5. The molecule has 0 aliphatic carbocycles. The summed E-state index contributed by atoms with van der Waals surface area (Å²) in [6.07, 6.45) is -0.153. The largest absolute Gasteiger partial charge is 0.447 e. The van der Waals surface area contributed by atoms with Gasteiger partial charge in [0.25, 0.3) is 0 Å². The summed E-state index contributed by atoms with van der Waals surface area (Å²) in [5.74, 6) is -0.268. The van der Waals surface area contributed by atoms with Crippen LogP contribution in [0.3, 0.4) is 0 Å². The quantitative estimate of drug-likeness (QED) is 0.626. The Balaban J connectivity index is 0.000000328. The lowest BCUT2D eigenvalue weighted by Crippen LogP contribution is -2.41. The van der Waals surface area contributed by atoms with Gasteiger partial charge in [0.05, 0.1) is 12.5 Å². The van der Waals surface area contributed by atoms with E-state index < -0.39 is 6.09 Å². The minimum absolute atomic E-state index is 0.126. The topological polar surface area (TPSA) is 76.2 Å². The molecule has 3 amide bonds. The standard InChI is InChI=1S/C18H16ClNO3.C7H15NO2/c19-15-8-4-7-14(9-15)11-17(21)20-16(12-23-18(20)22)10-13-5-2-1-3-6-13;1-7(2,3)10-6(9)8(4)5/h1-9,16H,10-12H2;1-5H3. The average Bonchev–Trinajstić information content (AvgIpc) is 3.08. The minimum Gasteiger partial charge on any atom is -0.447 e. The second-order valence-electron chi connectivity index (χ2n) is 8.87. The van der Waals surface area contributed by atoms with E-state index in [1.807, 2.05) is 57.2 Å². The third kappa shape index (κ3) is 8.77. The van der Waals surface area contributed by atoms with E-state index >= 15 is 0 Å². The molecule has 1 aliphatic rings. The molecule has 1 saturated heterocycles. The summed E-state index contributed by atoms with van der Waals surface area (Å²) in [6, 6.07) is 16.6. The molecule has 1 aliphatic heterocycles. The highest BCUT2D eigenvalue weighted by molar-refractivity contribution is 6.30. The van der Waals surface area contributed by atoms with Crippen LogP contribution in [-0.2, 0) is 27.1 Å². The van der Waals surface area contributed by atoms with Crippen molar-refractivity contribution in [1.82, 2.24) is 9.80 Å². The van der Waals surface area contributed by atoms with Crippen LogP contribution < -0.4 is 0 Å². The van der Waals surface area contributed by atoms with Crippen LogP contribution in [0.4, 0.5) is 9.59 Å². The van der Waals surface area contributed by atoms with Crippen molar-refractivity contribution < 1.29 is 23.9 Å². The van der Waals surface area contributed by atoms with Crippen molar-refractivity contribution in [3.05, 3.63) is 70.7 Å². The Bertz CT molecular complexity index is 957. The lowest BCUT2D eigenvalue weighted by atomic mass is 10.0. The van der Waals surface area contributed by atoms with Crippen molar-refractivity contribution in [3.8, 4) is 0 Å². The fraction of sp³-hybridized carbons (Fsp3) is 0.400. The molecule has 0 spiro atoms. The zero-order valence-corrected chi connectivity index (χ0v) is 20.5. The van der Waals surface area contributed by atoms with Crippen LogP contribution in [0, 0.1) is 0 Å². The fourth-order valence-electron chi connectivity index (χ4n) is 3.06. The Morgan fingerprint density at radius 1 is 1.09 bits per heavy atom. The van der Waals surface area contributed by atoms with E-state index in [2.05, 4.69) is 0 Å². The Morgan fingerprint density at radius 2 is 1.73 bits per heavy atom. The first-order valence-corrected chi connectivity index (χ1v) is 11.0. The van der Waals surface area contributed by atoms with Crippen LogP contribution in [-0.4, -0.2) is 60.2 Å². The molecule has 2 aromatic rings. The van der Waals surface area contributed by atoms with Gasteiger partial charge in [0, 0.05) is 19.1 Å². The Labute approximate surface area is 200 Å². The molecular formula is C25H31ClN2O5. The maximum absolute atomic E-state index is 12.5. The number of hydrogen-bond acceptors (Lipinski definition) is 5. The SMILES string of the molecule is CN(C)C(=O)OC(C)(C)C.O=C(Cc1cccc(Cl)c1)N1C(=O)OCC1Cc1ccccc1. The molecule has 0 aromatic heterocycles. The van der Waals surface area contributed by atoms with Crippen molar-refractivity contribution >= 4 is 29.7 Å². The maximum atomic E-state index is 12.5. The summed E-state index contributed by atoms with van der Waals surface area (Å²) in [6.45, 7) is 5.76. The van der Waals surface area contributed by atoms with Crippen molar-refractivity contribution in [3.63, 3.8) is 0 Å². The van der Waals surface area contributed by atoms with Crippen LogP contribution in [0.15, 0.2) is 54.6 Å². The molecule has 1 atom stereocenters. The van der Waals surface area contributed by atoms with E-state index in [0.717, 1.165) is 11.1 Å². The summed E-state index contributed by atoms with van der Waals surface area (Å²) in [7, 11) is 3.32. The summed E-state index contributed by atoms with van der Waals surface area (Å²) in [4.78, 5) is 37.9. The number of halogens is 1. The summed E-state index contributed by atoms with van der Waals surface area (Å²) in [5.41, 5.74) is 1.46. The first-order valence-electron chi connectivity index (χ1n) is 10.6. The zero-order chi connectivity index (χ0) is 24.6. The van der Waals surface area contributed by atoms with Gasteiger partial charge in [-0.1, -0.05) is 54.1 Å². The molecule has 1 unspecified atom stereocenters. The van der Waals surface area contributed by atoms with Gasteiger partial charge in [-0.25, -0.2) is 14.5 Å². The monoisotopic (exact) mass is 474 g/mol. The third-order valence-electron chi connectivity index (χ3n) is 4.55. The van der Waals surface area contributed by atoms with Gasteiger partial charge in [-0.15, -0.1) is 0 Å². The van der Waals surface area contributed by atoms with Gasteiger partial charge in [0.15, 0.2) is 0 Å². The van der Waals surface area contributed by atoms with Gasteiger partial charge in [-0.2, -0.15) is 0 Å². The molecule has 3 rings (SSSR count). The van der Waals surface area contributed by atoms with E-state index in [4.69, 9.17) is 21.1 Å². The Morgan fingerprint density at radius 3 is 2.27 bits per heavy atom. The van der Waals surface area contributed by atoms with E-state index in [1.165, 1.54) is 9.80 Å². The van der Waals surface area contributed by atoms with Crippen molar-refractivity contribution in [1.29, 1.82) is 0 Å². The Kier molecular flexibility index (Phi) is 9.29. The van der Waals surface area contributed by atoms with Crippen molar-refractivity contribution in [2.45, 2.75) is 45.3 Å². The number of carbonyl (C=O) groups excluding carboxylic acids is 3. The van der Waals surface area contributed by atoms with Crippen LogP contribution in [0.5, 0.6) is 0 Å².